The highest BCUT2D eigenvalue weighted by Gasteiger charge is 2.36. The first-order valence-electron chi connectivity index (χ1n) is 6.96. The van der Waals surface area contributed by atoms with Crippen LogP contribution in [0.5, 0.6) is 0 Å². The molecule has 0 unspecified atom stereocenters. The first kappa shape index (κ1) is 13.6. The summed E-state index contributed by atoms with van der Waals surface area (Å²) in [5.74, 6) is 0.579. The minimum atomic E-state index is 0.209. The average Bonchev–Trinajstić information content (AvgIpc) is 2.24. The molecule has 0 atom stereocenters. The molecule has 1 heteroatoms. The van der Waals surface area contributed by atoms with E-state index in [1.54, 1.807) is 0 Å². The lowest BCUT2D eigenvalue weighted by atomic mass is 9.75. The SMILES string of the molecule is CC(C)c1cc(C(C)(C)C)cc(C2(C)COC2)c1. The summed E-state index contributed by atoms with van der Waals surface area (Å²) in [7, 11) is 0. The zero-order valence-electron chi connectivity index (χ0n) is 12.6. The van der Waals surface area contributed by atoms with Crippen LogP contribution in [0, 0.1) is 0 Å². The van der Waals surface area contributed by atoms with Crippen molar-refractivity contribution in [2.45, 2.75) is 58.3 Å². The fraction of sp³-hybridized carbons (Fsp3) is 0.647. The van der Waals surface area contributed by atoms with Gasteiger partial charge in [-0.3, -0.25) is 0 Å². The van der Waals surface area contributed by atoms with Gasteiger partial charge < -0.3 is 4.74 Å². The van der Waals surface area contributed by atoms with Crippen molar-refractivity contribution >= 4 is 0 Å². The van der Waals surface area contributed by atoms with Gasteiger partial charge in [-0.25, -0.2) is 0 Å². The van der Waals surface area contributed by atoms with Gasteiger partial charge in [-0.05, 0) is 28.0 Å². The van der Waals surface area contributed by atoms with Crippen LogP contribution in [-0.2, 0) is 15.6 Å². The van der Waals surface area contributed by atoms with Crippen LogP contribution >= 0.6 is 0 Å². The second kappa shape index (κ2) is 4.38. The van der Waals surface area contributed by atoms with E-state index in [1.807, 2.05) is 0 Å². The summed E-state index contributed by atoms with van der Waals surface area (Å²) in [4.78, 5) is 0. The summed E-state index contributed by atoms with van der Waals surface area (Å²) in [6, 6.07) is 7.13. The molecule has 100 valence electrons. The number of hydrogen-bond acceptors (Lipinski definition) is 1. The Bertz CT molecular complexity index is 433. The average molecular weight is 246 g/mol. The Morgan fingerprint density at radius 1 is 1.11 bits per heavy atom. The molecular weight excluding hydrogens is 220 g/mol. The molecule has 18 heavy (non-hydrogen) atoms. The third kappa shape index (κ3) is 2.47. The van der Waals surface area contributed by atoms with Crippen molar-refractivity contribution in [3.05, 3.63) is 34.9 Å². The minimum absolute atomic E-state index is 0.209. The summed E-state index contributed by atoms with van der Waals surface area (Å²) >= 11 is 0. The maximum Gasteiger partial charge on any atom is 0.0582 e. The van der Waals surface area contributed by atoms with E-state index in [-0.39, 0.29) is 10.8 Å². The number of benzene rings is 1. The van der Waals surface area contributed by atoms with E-state index in [0.717, 1.165) is 13.2 Å². The highest BCUT2D eigenvalue weighted by atomic mass is 16.5. The largest absolute Gasteiger partial charge is 0.379 e. The zero-order chi connectivity index (χ0) is 13.6. The molecule has 1 nitrogen and oxygen atoms in total. The lowest BCUT2D eigenvalue weighted by Crippen LogP contribution is -2.44. The standard InChI is InChI=1S/C17H26O/c1-12(2)13-7-14(16(3,4)5)9-15(8-13)17(6)10-18-11-17/h7-9,12H,10-11H2,1-6H3. The van der Waals surface area contributed by atoms with Gasteiger partial charge in [0.1, 0.15) is 0 Å². The van der Waals surface area contributed by atoms with E-state index in [2.05, 4.69) is 59.7 Å². The molecule has 0 saturated carbocycles. The van der Waals surface area contributed by atoms with Crippen molar-refractivity contribution < 1.29 is 4.74 Å². The molecule has 0 spiro atoms. The fourth-order valence-electron chi connectivity index (χ4n) is 2.34. The number of ether oxygens (including phenoxy) is 1. The van der Waals surface area contributed by atoms with E-state index in [1.165, 1.54) is 16.7 Å². The molecular formula is C17H26O. The number of hydrogen-bond donors (Lipinski definition) is 0. The maximum atomic E-state index is 5.42. The molecule has 0 radical (unpaired) electrons. The van der Waals surface area contributed by atoms with Crippen molar-refractivity contribution in [1.82, 2.24) is 0 Å². The van der Waals surface area contributed by atoms with Gasteiger partial charge in [0.15, 0.2) is 0 Å². The van der Waals surface area contributed by atoms with Crippen molar-refractivity contribution in [1.29, 1.82) is 0 Å². The molecule has 1 aromatic carbocycles. The Kier molecular flexibility index (Phi) is 3.31. The summed E-state index contributed by atoms with van der Waals surface area (Å²) in [6.45, 7) is 15.4. The molecule has 0 aliphatic carbocycles. The van der Waals surface area contributed by atoms with E-state index in [9.17, 15) is 0 Å². The Morgan fingerprint density at radius 3 is 2.11 bits per heavy atom. The Morgan fingerprint density at radius 2 is 1.72 bits per heavy atom. The van der Waals surface area contributed by atoms with Crippen LogP contribution in [0.25, 0.3) is 0 Å². The van der Waals surface area contributed by atoms with Crippen LogP contribution < -0.4 is 0 Å². The van der Waals surface area contributed by atoms with Crippen LogP contribution in [0.2, 0.25) is 0 Å². The van der Waals surface area contributed by atoms with E-state index >= 15 is 0 Å². The second-order valence-corrected chi connectivity index (χ2v) is 7.30. The summed E-state index contributed by atoms with van der Waals surface area (Å²) in [5, 5.41) is 0. The van der Waals surface area contributed by atoms with Crippen molar-refractivity contribution in [2.75, 3.05) is 13.2 Å². The van der Waals surface area contributed by atoms with Gasteiger partial charge >= 0.3 is 0 Å². The smallest absolute Gasteiger partial charge is 0.0582 e. The molecule has 1 aromatic rings. The van der Waals surface area contributed by atoms with Gasteiger partial charge in [-0.1, -0.05) is 59.7 Å². The van der Waals surface area contributed by atoms with Crippen LogP contribution in [-0.4, -0.2) is 13.2 Å². The first-order valence-corrected chi connectivity index (χ1v) is 6.96. The van der Waals surface area contributed by atoms with Crippen molar-refractivity contribution in [2.24, 2.45) is 0 Å². The third-order valence-electron chi connectivity index (χ3n) is 4.03. The molecule has 0 bridgehead atoms. The van der Waals surface area contributed by atoms with Gasteiger partial charge in [-0.2, -0.15) is 0 Å². The summed E-state index contributed by atoms with van der Waals surface area (Å²) in [5.41, 5.74) is 4.78. The van der Waals surface area contributed by atoms with Crippen LogP contribution in [0.4, 0.5) is 0 Å². The monoisotopic (exact) mass is 246 g/mol. The van der Waals surface area contributed by atoms with E-state index in [4.69, 9.17) is 4.74 Å². The Labute approximate surface area is 112 Å². The molecule has 0 amide bonds. The quantitative estimate of drug-likeness (QED) is 0.751. The molecule has 0 aromatic heterocycles. The summed E-state index contributed by atoms with van der Waals surface area (Å²) < 4.78 is 5.42. The van der Waals surface area contributed by atoms with Crippen LogP contribution in [0.15, 0.2) is 18.2 Å². The molecule has 2 rings (SSSR count). The molecule has 1 saturated heterocycles. The van der Waals surface area contributed by atoms with Gasteiger partial charge in [0.2, 0.25) is 0 Å². The molecule has 1 aliphatic rings. The zero-order valence-corrected chi connectivity index (χ0v) is 12.6. The molecule has 1 aliphatic heterocycles. The minimum Gasteiger partial charge on any atom is -0.379 e. The number of rotatable bonds is 2. The van der Waals surface area contributed by atoms with Gasteiger partial charge in [0.25, 0.3) is 0 Å². The van der Waals surface area contributed by atoms with E-state index < -0.39 is 0 Å². The predicted octanol–water partition coefficient (Wildman–Crippen LogP) is 4.40. The van der Waals surface area contributed by atoms with Crippen molar-refractivity contribution in [3.63, 3.8) is 0 Å². The normalized spacial score (nSPS) is 18.8. The Hall–Kier alpha value is -0.820. The highest BCUT2D eigenvalue weighted by molar-refractivity contribution is 5.40. The van der Waals surface area contributed by atoms with Crippen molar-refractivity contribution in [3.8, 4) is 0 Å². The third-order valence-corrected chi connectivity index (χ3v) is 4.03. The van der Waals surface area contributed by atoms with Crippen LogP contribution in [0.1, 0.15) is 64.2 Å². The lowest BCUT2D eigenvalue weighted by Gasteiger charge is -2.39. The van der Waals surface area contributed by atoms with Crippen LogP contribution in [0.3, 0.4) is 0 Å². The molecule has 1 heterocycles. The van der Waals surface area contributed by atoms with Gasteiger partial charge in [0.05, 0.1) is 13.2 Å². The predicted molar refractivity (Wildman–Crippen MR) is 77.4 cm³/mol. The van der Waals surface area contributed by atoms with Gasteiger partial charge in [0, 0.05) is 5.41 Å². The topological polar surface area (TPSA) is 9.23 Å². The second-order valence-electron chi connectivity index (χ2n) is 7.30. The maximum absolute atomic E-state index is 5.42. The van der Waals surface area contributed by atoms with E-state index in [0.29, 0.717) is 5.92 Å². The lowest BCUT2D eigenvalue weighted by molar-refractivity contribution is -0.0500. The molecule has 1 fully saturated rings. The summed E-state index contributed by atoms with van der Waals surface area (Å²) in [6.07, 6.45) is 0. The highest BCUT2D eigenvalue weighted by Crippen LogP contribution is 2.36. The fourth-order valence-corrected chi connectivity index (χ4v) is 2.34. The first-order chi connectivity index (χ1) is 8.22. The van der Waals surface area contributed by atoms with Gasteiger partial charge in [-0.15, -0.1) is 0 Å². The Balaban J connectivity index is 2.50. The molecule has 0 N–H and O–H groups in total.